The first-order chi connectivity index (χ1) is 7.58. The van der Waals surface area contributed by atoms with E-state index >= 15 is 0 Å². The third-order valence-corrected chi connectivity index (χ3v) is 2.29. The van der Waals surface area contributed by atoms with E-state index in [9.17, 15) is 9.59 Å². The van der Waals surface area contributed by atoms with E-state index in [1.165, 1.54) is 6.33 Å². The minimum Gasteiger partial charge on any atom is -0.480 e. The fourth-order valence-corrected chi connectivity index (χ4v) is 1.53. The molecule has 5 nitrogen and oxygen atoms in total. The maximum atomic E-state index is 11.8. The monoisotopic (exact) mass is 218 g/mol. The Morgan fingerprint density at radius 3 is 2.94 bits per heavy atom. The van der Waals surface area contributed by atoms with Crippen LogP contribution in [0.1, 0.15) is 5.56 Å². The van der Waals surface area contributed by atoms with Crippen LogP contribution in [-0.2, 0) is 11.3 Å². The van der Waals surface area contributed by atoms with Crippen LogP contribution in [-0.4, -0.2) is 20.6 Å². The van der Waals surface area contributed by atoms with Crippen molar-refractivity contribution in [3.8, 4) is 0 Å². The maximum absolute atomic E-state index is 11.8. The second-order valence-corrected chi connectivity index (χ2v) is 3.59. The molecule has 0 radical (unpaired) electrons. The molecule has 1 aromatic carbocycles. The molecule has 0 aliphatic heterocycles. The number of nitrogens with zero attached hydrogens (tertiary/aromatic N) is 2. The van der Waals surface area contributed by atoms with Gasteiger partial charge in [-0.2, -0.15) is 0 Å². The number of aromatic nitrogens is 2. The number of benzene rings is 1. The number of fused-ring (bicyclic) bond motifs is 1. The van der Waals surface area contributed by atoms with E-state index in [4.69, 9.17) is 5.11 Å². The lowest BCUT2D eigenvalue weighted by Crippen LogP contribution is -2.24. The molecule has 5 heteroatoms. The molecule has 16 heavy (non-hydrogen) atoms. The third kappa shape index (κ3) is 1.79. The highest BCUT2D eigenvalue weighted by molar-refractivity contribution is 5.78. The zero-order chi connectivity index (χ0) is 11.7. The summed E-state index contributed by atoms with van der Waals surface area (Å²) in [5.41, 5.74) is 1.27. The summed E-state index contributed by atoms with van der Waals surface area (Å²) in [7, 11) is 0. The van der Waals surface area contributed by atoms with Gasteiger partial charge in [-0.05, 0) is 24.6 Å². The Bertz CT molecular complexity index is 616. The second-order valence-electron chi connectivity index (χ2n) is 3.59. The SMILES string of the molecule is Cc1ccc2c(=O)n(CC(=O)O)cnc2c1. The van der Waals surface area contributed by atoms with Gasteiger partial charge in [0.05, 0.1) is 17.2 Å². The lowest BCUT2D eigenvalue weighted by Gasteiger charge is -2.03. The molecule has 0 unspecified atom stereocenters. The van der Waals surface area contributed by atoms with Crippen molar-refractivity contribution in [2.75, 3.05) is 0 Å². The summed E-state index contributed by atoms with van der Waals surface area (Å²) in [6, 6.07) is 5.26. The maximum Gasteiger partial charge on any atom is 0.323 e. The summed E-state index contributed by atoms with van der Waals surface area (Å²) in [4.78, 5) is 26.4. The first-order valence-corrected chi connectivity index (χ1v) is 4.75. The molecule has 0 bridgehead atoms. The Kier molecular flexibility index (Phi) is 2.44. The number of aryl methyl sites for hydroxylation is 1. The topological polar surface area (TPSA) is 72.2 Å². The summed E-state index contributed by atoms with van der Waals surface area (Å²) in [5, 5.41) is 9.06. The van der Waals surface area contributed by atoms with Gasteiger partial charge < -0.3 is 5.11 Å². The van der Waals surface area contributed by atoms with Gasteiger partial charge in [-0.25, -0.2) is 4.98 Å². The van der Waals surface area contributed by atoms with Gasteiger partial charge in [0.2, 0.25) is 0 Å². The minimum absolute atomic E-state index is 0.326. The van der Waals surface area contributed by atoms with Crippen molar-refractivity contribution in [2.24, 2.45) is 0 Å². The Morgan fingerprint density at radius 2 is 2.25 bits per heavy atom. The molecule has 2 aromatic rings. The molecule has 0 spiro atoms. The number of carbonyl (C=O) groups is 1. The van der Waals surface area contributed by atoms with Crippen molar-refractivity contribution < 1.29 is 9.90 Å². The average Bonchev–Trinajstić information content (AvgIpc) is 2.22. The van der Waals surface area contributed by atoms with Crippen LogP contribution in [0.3, 0.4) is 0 Å². The van der Waals surface area contributed by atoms with Gasteiger partial charge in [-0.3, -0.25) is 14.2 Å². The molecule has 1 heterocycles. The van der Waals surface area contributed by atoms with E-state index in [1.54, 1.807) is 18.2 Å². The first kappa shape index (κ1) is 10.4. The van der Waals surface area contributed by atoms with Crippen LogP contribution in [0.15, 0.2) is 29.3 Å². The lowest BCUT2D eigenvalue weighted by molar-refractivity contribution is -0.137. The van der Waals surface area contributed by atoms with E-state index in [0.717, 1.165) is 10.1 Å². The Hall–Kier alpha value is -2.17. The summed E-state index contributed by atoms with van der Waals surface area (Å²) in [6.45, 7) is 1.54. The molecule has 1 aromatic heterocycles. The summed E-state index contributed by atoms with van der Waals surface area (Å²) in [5.74, 6) is -1.06. The van der Waals surface area contributed by atoms with Crippen molar-refractivity contribution in [1.82, 2.24) is 9.55 Å². The fraction of sp³-hybridized carbons (Fsp3) is 0.182. The lowest BCUT2D eigenvalue weighted by atomic mass is 10.2. The van der Waals surface area contributed by atoms with Crippen LogP contribution in [0.2, 0.25) is 0 Å². The van der Waals surface area contributed by atoms with Gasteiger partial charge in [-0.15, -0.1) is 0 Å². The van der Waals surface area contributed by atoms with Crippen LogP contribution < -0.4 is 5.56 Å². The fourth-order valence-electron chi connectivity index (χ4n) is 1.53. The zero-order valence-electron chi connectivity index (χ0n) is 8.67. The van der Waals surface area contributed by atoms with Gasteiger partial charge in [0.1, 0.15) is 6.54 Å². The number of aliphatic carboxylic acids is 1. The molecular formula is C11H10N2O3. The molecule has 0 aliphatic rings. The second kappa shape index (κ2) is 3.77. The highest BCUT2D eigenvalue weighted by atomic mass is 16.4. The van der Waals surface area contributed by atoms with Crippen molar-refractivity contribution in [3.63, 3.8) is 0 Å². The van der Waals surface area contributed by atoms with Crippen LogP contribution in [0.5, 0.6) is 0 Å². The normalized spacial score (nSPS) is 10.6. The predicted octanol–water partition coefficient (Wildman–Crippen LogP) is 0.790. The summed E-state index contributed by atoms with van der Waals surface area (Å²) >= 11 is 0. The average molecular weight is 218 g/mol. The molecular weight excluding hydrogens is 208 g/mol. The Balaban J connectivity index is 2.66. The van der Waals surface area contributed by atoms with Crippen molar-refractivity contribution in [3.05, 3.63) is 40.4 Å². The van der Waals surface area contributed by atoms with Gasteiger partial charge in [0.15, 0.2) is 0 Å². The Labute approximate surface area is 91.0 Å². The standard InChI is InChI=1S/C11H10N2O3/c1-7-2-3-8-9(4-7)12-6-13(11(8)16)5-10(14)15/h2-4,6H,5H2,1H3,(H,14,15). The van der Waals surface area contributed by atoms with Crippen molar-refractivity contribution >= 4 is 16.9 Å². The molecule has 0 saturated carbocycles. The molecule has 82 valence electrons. The predicted molar refractivity (Wildman–Crippen MR) is 58.4 cm³/mol. The number of carboxylic acid groups (broad SMARTS) is 1. The van der Waals surface area contributed by atoms with Crippen LogP contribution in [0.25, 0.3) is 10.9 Å². The van der Waals surface area contributed by atoms with Crippen LogP contribution >= 0.6 is 0 Å². The number of hydrogen-bond acceptors (Lipinski definition) is 3. The molecule has 2 rings (SSSR count). The highest BCUT2D eigenvalue weighted by Gasteiger charge is 2.06. The highest BCUT2D eigenvalue weighted by Crippen LogP contribution is 2.08. The Morgan fingerprint density at radius 1 is 1.50 bits per heavy atom. The third-order valence-electron chi connectivity index (χ3n) is 2.29. The van der Waals surface area contributed by atoms with Gasteiger partial charge in [0, 0.05) is 0 Å². The number of rotatable bonds is 2. The quantitative estimate of drug-likeness (QED) is 0.808. The van der Waals surface area contributed by atoms with Gasteiger partial charge >= 0.3 is 5.97 Å². The van der Waals surface area contributed by atoms with E-state index in [-0.39, 0.29) is 12.1 Å². The minimum atomic E-state index is -1.06. The molecule has 0 aliphatic carbocycles. The molecule has 0 saturated heterocycles. The van der Waals surface area contributed by atoms with E-state index < -0.39 is 5.97 Å². The smallest absolute Gasteiger partial charge is 0.323 e. The zero-order valence-corrected chi connectivity index (χ0v) is 8.67. The van der Waals surface area contributed by atoms with E-state index in [1.807, 2.05) is 6.92 Å². The molecule has 0 atom stereocenters. The largest absolute Gasteiger partial charge is 0.480 e. The van der Waals surface area contributed by atoms with E-state index in [2.05, 4.69) is 4.98 Å². The van der Waals surface area contributed by atoms with Gasteiger partial charge in [-0.1, -0.05) is 6.07 Å². The van der Waals surface area contributed by atoms with E-state index in [0.29, 0.717) is 10.9 Å². The summed E-state index contributed by atoms with van der Waals surface area (Å²) in [6.07, 6.45) is 1.26. The number of carboxylic acids is 1. The van der Waals surface area contributed by atoms with Crippen LogP contribution in [0.4, 0.5) is 0 Å². The molecule has 1 N–H and O–H groups in total. The summed E-state index contributed by atoms with van der Waals surface area (Å²) < 4.78 is 1.08. The number of hydrogen-bond donors (Lipinski definition) is 1. The van der Waals surface area contributed by atoms with Crippen molar-refractivity contribution in [2.45, 2.75) is 13.5 Å². The molecule has 0 amide bonds. The molecule has 0 fully saturated rings. The van der Waals surface area contributed by atoms with Gasteiger partial charge in [0.25, 0.3) is 5.56 Å². The van der Waals surface area contributed by atoms with Crippen LogP contribution in [0, 0.1) is 6.92 Å². The van der Waals surface area contributed by atoms with Crippen molar-refractivity contribution in [1.29, 1.82) is 0 Å². The first-order valence-electron chi connectivity index (χ1n) is 4.75.